The molecule has 0 bridgehead atoms. The molecular weight excluding hydrogens is 586 g/mol. The first-order valence-corrected chi connectivity index (χ1v) is 14.8. The summed E-state index contributed by atoms with van der Waals surface area (Å²) in [7, 11) is 0. The quantitative estimate of drug-likeness (QED) is 0.102. The van der Waals surface area contributed by atoms with E-state index in [9.17, 15) is 14.4 Å². The number of carbonyl (C=O) groups excluding carboxylic acids is 3. The highest BCUT2D eigenvalue weighted by molar-refractivity contribution is 7.98. The fourth-order valence-electron chi connectivity index (χ4n) is 4.72. The normalized spacial score (nSPS) is 19.4. The predicted molar refractivity (Wildman–Crippen MR) is 157 cm³/mol. The van der Waals surface area contributed by atoms with Crippen molar-refractivity contribution in [2.75, 3.05) is 12.9 Å². The van der Waals surface area contributed by atoms with Crippen LogP contribution in [0.15, 0.2) is 102 Å². The van der Waals surface area contributed by atoms with Crippen LogP contribution in [-0.2, 0) is 18.9 Å². The number of fused-ring (bicyclic) bond motifs is 1. The average molecular weight is 612 g/mol. The van der Waals surface area contributed by atoms with Gasteiger partial charge in [0.25, 0.3) is 0 Å². The van der Waals surface area contributed by atoms with Crippen molar-refractivity contribution < 1.29 is 33.3 Å². The first-order chi connectivity index (χ1) is 21.5. The maximum absolute atomic E-state index is 13.4. The lowest BCUT2D eigenvalue weighted by atomic mass is 10.1. The first kappa shape index (κ1) is 29.0. The van der Waals surface area contributed by atoms with Gasteiger partial charge in [-0.3, -0.25) is 0 Å². The Morgan fingerprint density at radius 3 is 1.89 bits per heavy atom. The molecule has 0 unspecified atom stereocenters. The number of nitrogens with zero attached hydrogens (tertiary/aromatic N) is 5. The van der Waals surface area contributed by atoms with Crippen LogP contribution >= 0.6 is 11.8 Å². The van der Waals surface area contributed by atoms with E-state index in [4.69, 9.17) is 18.9 Å². The Kier molecular flexibility index (Phi) is 8.57. The van der Waals surface area contributed by atoms with E-state index in [1.54, 1.807) is 91.0 Å². The highest BCUT2D eigenvalue weighted by Crippen LogP contribution is 2.36. The van der Waals surface area contributed by atoms with Crippen LogP contribution in [-0.4, -0.2) is 74.0 Å². The molecule has 1 aliphatic heterocycles. The minimum atomic E-state index is -1.24. The number of rotatable bonds is 9. The number of hydrogen-bond acceptors (Lipinski definition) is 12. The van der Waals surface area contributed by atoms with E-state index in [1.165, 1.54) is 22.8 Å². The first-order valence-electron chi connectivity index (χ1n) is 13.5. The van der Waals surface area contributed by atoms with Crippen LogP contribution < -0.4 is 0 Å². The third-order valence-electron chi connectivity index (χ3n) is 6.84. The fraction of sp³-hybridized carbons (Fsp3) is 0.194. The minimum Gasteiger partial charge on any atom is -0.459 e. The van der Waals surface area contributed by atoms with Crippen molar-refractivity contribution in [2.24, 2.45) is 0 Å². The summed E-state index contributed by atoms with van der Waals surface area (Å²) in [6.45, 7) is -0.325. The number of esters is 3. The lowest BCUT2D eigenvalue weighted by molar-refractivity contribution is -0.0661. The smallest absolute Gasteiger partial charge is 0.338 e. The monoisotopic (exact) mass is 611 g/mol. The SMILES string of the molecule is CSc1ncnc2c1nnn2[C@H]1O[C@@H](COC(=O)c2ccccc2)[C@@H](OC(=O)c2ccccc2)[C@H]1OC(=O)c1ccccc1. The largest absolute Gasteiger partial charge is 0.459 e. The van der Waals surface area contributed by atoms with E-state index >= 15 is 0 Å². The van der Waals surface area contributed by atoms with Gasteiger partial charge in [-0.2, -0.15) is 4.68 Å². The molecule has 0 spiro atoms. The summed E-state index contributed by atoms with van der Waals surface area (Å²) in [5.74, 6) is -1.97. The van der Waals surface area contributed by atoms with Crippen LogP contribution in [0.3, 0.4) is 0 Å². The molecule has 4 atom stereocenters. The minimum absolute atomic E-state index is 0.271. The Balaban J connectivity index is 1.38. The average Bonchev–Trinajstić information content (AvgIpc) is 3.65. The summed E-state index contributed by atoms with van der Waals surface area (Å²) in [6, 6.07) is 25.1. The second-order valence-electron chi connectivity index (χ2n) is 9.59. The summed E-state index contributed by atoms with van der Waals surface area (Å²) in [5, 5.41) is 9.06. The van der Waals surface area contributed by atoms with Gasteiger partial charge in [-0.15, -0.1) is 16.9 Å². The van der Waals surface area contributed by atoms with Crippen molar-refractivity contribution in [3.05, 3.63) is 114 Å². The third-order valence-corrected chi connectivity index (χ3v) is 7.53. The van der Waals surface area contributed by atoms with Gasteiger partial charge >= 0.3 is 17.9 Å². The van der Waals surface area contributed by atoms with E-state index in [0.29, 0.717) is 21.8 Å². The van der Waals surface area contributed by atoms with E-state index in [1.807, 2.05) is 6.26 Å². The van der Waals surface area contributed by atoms with Gasteiger partial charge in [0.05, 0.1) is 16.7 Å². The van der Waals surface area contributed by atoms with Crippen molar-refractivity contribution in [1.82, 2.24) is 25.0 Å². The molecule has 1 saturated heterocycles. The number of hydrogen-bond donors (Lipinski definition) is 0. The van der Waals surface area contributed by atoms with Crippen molar-refractivity contribution in [3.63, 3.8) is 0 Å². The maximum atomic E-state index is 13.4. The Hall–Kier alpha value is -5.14. The molecule has 0 saturated carbocycles. The highest BCUT2D eigenvalue weighted by atomic mass is 32.2. The van der Waals surface area contributed by atoms with Crippen molar-refractivity contribution in [2.45, 2.75) is 29.6 Å². The summed E-state index contributed by atoms with van der Waals surface area (Å²) in [4.78, 5) is 48.1. The molecule has 1 fully saturated rings. The standard InChI is InChI=1S/C31H25N5O7S/c1-44-27-23-26(32-18-33-27)36(35-34-23)28-25(43-31(39)21-15-9-4-10-16-21)24(42-30(38)20-13-7-3-8-14-20)22(41-28)17-40-29(37)19-11-5-2-6-12-19/h2-16,18,22,24-25,28H,17H2,1H3/t22-,24+,25+,28-/m0/s1. The fourth-order valence-corrected chi connectivity index (χ4v) is 5.20. The van der Waals surface area contributed by atoms with Crippen LogP contribution in [0, 0.1) is 0 Å². The Morgan fingerprint density at radius 2 is 1.32 bits per heavy atom. The zero-order valence-electron chi connectivity index (χ0n) is 23.3. The molecule has 44 heavy (non-hydrogen) atoms. The van der Waals surface area contributed by atoms with E-state index in [2.05, 4.69) is 20.3 Å². The molecule has 0 radical (unpaired) electrons. The Morgan fingerprint density at radius 1 is 0.773 bits per heavy atom. The van der Waals surface area contributed by atoms with Gasteiger partial charge in [0.2, 0.25) is 0 Å². The molecule has 12 nitrogen and oxygen atoms in total. The second-order valence-corrected chi connectivity index (χ2v) is 10.4. The summed E-state index contributed by atoms with van der Waals surface area (Å²) < 4.78 is 25.2. The van der Waals surface area contributed by atoms with Gasteiger partial charge in [-0.1, -0.05) is 59.8 Å². The number of aromatic nitrogens is 5. The molecular formula is C31H25N5O7S. The molecule has 1 aliphatic rings. The van der Waals surface area contributed by atoms with Crippen molar-refractivity contribution >= 4 is 40.8 Å². The molecule has 2 aromatic heterocycles. The van der Waals surface area contributed by atoms with Gasteiger partial charge in [0, 0.05) is 0 Å². The lowest BCUT2D eigenvalue weighted by Crippen LogP contribution is -2.41. The molecule has 6 rings (SSSR count). The molecule has 0 N–H and O–H groups in total. The topological polar surface area (TPSA) is 145 Å². The lowest BCUT2D eigenvalue weighted by Gasteiger charge is -2.24. The zero-order chi connectivity index (χ0) is 30.5. The highest BCUT2D eigenvalue weighted by Gasteiger charge is 2.52. The molecule has 13 heteroatoms. The van der Waals surface area contributed by atoms with Gasteiger partial charge in [0.15, 0.2) is 29.6 Å². The number of benzene rings is 3. The predicted octanol–water partition coefficient (Wildman–Crippen LogP) is 4.15. The zero-order valence-corrected chi connectivity index (χ0v) is 24.1. The Bertz CT molecular complexity index is 1770. The third kappa shape index (κ3) is 6.00. The summed E-state index contributed by atoms with van der Waals surface area (Å²) >= 11 is 1.36. The molecule has 3 aromatic carbocycles. The summed E-state index contributed by atoms with van der Waals surface area (Å²) in [6.07, 6.45) is -1.48. The molecule has 0 amide bonds. The maximum Gasteiger partial charge on any atom is 0.338 e. The van der Waals surface area contributed by atoms with Crippen LogP contribution in [0.25, 0.3) is 11.2 Å². The van der Waals surface area contributed by atoms with Gasteiger partial charge in [-0.25, -0.2) is 24.4 Å². The van der Waals surface area contributed by atoms with Crippen molar-refractivity contribution in [1.29, 1.82) is 0 Å². The van der Waals surface area contributed by atoms with Gasteiger partial charge < -0.3 is 18.9 Å². The molecule has 3 heterocycles. The van der Waals surface area contributed by atoms with Gasteiger partial charge in [0.1, 0.15) is 24.1 Å². The van der Waals surface area contributed by atoms with Crippen LogP contribution in [0.1, 0.15) is 37.3 Å². The molecule has 222 valence electrons. The van der Waals surface area contributed by atoms with Crippen LogP contribution in [0.4, 0.5) is 0 Å². The van der Waals surface area contributed by atoms with Crippen LogP contribution in [0.2, 0.25) is 0 Å². The van der Waals surface area contributed by atoms with Crippen molar-refractivity contribution in [3.8, 4) is 0 Å². The van der Waals surface area contributed by atoms with E-state index in [0.717, 1.165) is 0 Å². The van der Waals surface area contributed by atoms with Gasteiger partial charge in [-0.05, 0) is 42.7 Å². The van der Waals surface area contributed by atoms with E-state index in [-0.39, 0.29) is 17.7 Å². The molecule has 0 aliphatic carbocycles. The molecule has 5 aromatic rings. The second kappa shape index (κ2) is 13.0. The number of ether oxygens (including phenoxy) is 4. The Labute approximate surface area is 255 Å². The number of thioether (sulfide) groups is 1. The number of carbonyl (C=O) groups is 3. The summed E-state index contributed by atoms with van der Waals surface area (Å²) in [5.41, 5.74) is 1.59. The van der Waals surface area contributed by atoms with Crippen LogP contribution in [0.5, 0.6) is 0 Å². The van der Waals surface area contributed by atoms with E-state index < -0.39 is 42.4 Å².